The van der Waals surface area contributed by atoms with E-state index in [0.29, 0.717) is 19.4 Å². The van der Waals surface area contributed by atoms with E-state index in [2.05, 4.69) is 21.2 Å². The Balaban J connectivity index is 2.31. The lowest BCUT2D eigenvalue weighted by molar-refractivity contribution is -0.155. The maximum absolute atomic E-state index is 12.2. The number of hydrogen-bond acceptors (Lipinski definition) is 3. The fraction of sp³-hybridized carbons (Fsp3) is 0.538. The van der Waals surface area contributed by atoms with Crippen LogP contribution in [-0.4, -0.2) is 28.8 Å². The SMILES string of the molecule is CCC1(CC)C(=O)NCC(=O)N1Cc1cc(Br)cs1. The van der Waals surface area contributed by atoms with Crippen molar-refractivity contribution in [2.75, 3.05) is 6.54 Å². The minimum absolute atomic E-state index is 0.00665. The van der Waals surface area contributed by atoms with Crippen molar-refractivity contribution in [1.82, 2.24) is 10.2 Å². The second-order valence-electron chi connectivity index (χ2n) is 4.63. The number of halogens is 1. The molecule has 0 aliphatic carbocycles. The highest BCUT2D eigenvalue weighted by atomic mass is 79.9. The fourth-order valence-corrected chi connectivity index (χ4v) is 4.00. The second kappa shape index (κ2) is 5.63. The Morgan fingerprint density at radius 2 is 2.11 bits per heavy atom. The van der Waals surface area contributed by atoms with Crippen LogP contribution in [0.2, 0.25) is 0 Å². The molecule has 1 aliphatic heterocycles. The van der Waals surface area contributed by atoms with Gasteiger partial charge in [0, 0.05) is 14.7 Å². The lowest BCUT2D eigenvalue weighted by Crippen LogP contribution is -2.66. The zero-order valence-corrected chi connectivity index (χ0v) is 13.4. The Hall–Kier alpha value is -0.880. The predicted octanol–water partition coefficient (Wildman–Crippen LogP) is 2.53. The van der Waals surface area contributed by atoms with E-state index in [1.54, 1.807) is 16.2 Å². The first-order valence-electron chi connectivity index (χ1n) is 6.35. The molecule has 6 heteroatoms. The maximum Gasteiger partial charge on any atom is 0.246 e. The van der Waals surface area contributed by atoms with Gasteiger partial charge in [0.25, 0.3) is 0 Å². The summed E-state index contributed by atoms with van der Waals surface area (Å²) in [5, 5.41) is 4.70. The second-order valence-corrected chi connectivity index (χ2v) is 6.54. The van der Waals surface area contributed by atoms with Crippen LogP contribution in [0, 0.1) is 0 Å². The average Bonchev–Trinajstić information content (AvgIpc) is 2.81. The topological polar surface area (TPSA) is 49.4 Å². The van der Waals surface area contributed by atoms with Gasteiger partial charge in [0.15, 0.2) is 0 Å². The molecule has 1 N–H and O–H groups in total. The zero-order chi connectivity index (χ0) is 14.0. The minimum Gasteiger partial charge on any atom is -0.345 e. The maximum atomic E-state index is 12.2. The van der Waals surface area contributed by atoms with Crippen LogP contribution >= 0.6 is 27.3 Å². The van der Waals surface area contributed by atoms with Crippen molar-refractivity contribution in [2.45, 2.75) is 38.8 Å². The highest BCUT2D eigenvalue weighted by Gasteiger charge is 2.46. The molecule has 4 nitrogen and oxygen atoms in total. The summed E-state index contributed by atoms with van der Waals surface area (Å²) in [6.45, 7) is 4.52. The molecule has 0 unspecified atom stereocenters. The summed E-state index contributed by atoms with van der Waals surface area (Å²) in [7, 11) is 0. The Kier molecular flexibility index (Phi) is 4.30. The first kappa shape index (κ1) is 14.5. The van der Waals surface area contributed by atoms with Crippen molar-refractivity contribution in [2.24, 2.45) is 0 Å². The highest BCUT2D eigenvalue weighted by Crippen LogP contribution is 2.31. The van der Waals surface area contributed by atoms with E-state index in [0.717, 1.165) is 9.35 Å². The number of thiophene rings is 1. The largest absolute Gasteiger partial charge is 0.345 e. The zero-order valence-electron chi connectivity index (χ0n) is 11.0. The third-order valence-electron chi connectivity index (χ3n) is 3.75. The van der Waals surface area contributed by atoms with Crippen molar-refractivity contribution in [1.29, 1.82) is 0 Å². The molecule has 104 valence electrons. The van der Waals surface area contributed by atoms with Crippen LogP contribution in [-0.2, 0) is 16.1 Å². The quantitative estimate of drug-likeness (QED) is 0.912. The molecule has 2 rings (SSSR count). The van der Waals surface area contributed by atoms with Crippen LogP contribution in [0.15, 0.2) is 15.9 Å². The van der Waals surface area contributed by atoms with Gasteiger partial charge in [0.1, 0.15) is 5.54 Å². The summed E-state index contributed by atoms with van der Waals surface area (Å²) >= 11 is 5.01. The van der Waals surface area contributed by atoms with Gasteiger partial charge >= 0.3 is 0 Å². The number of carbonyl (C=O) groups excluding carboxylic acids is 2. The van der Waals surface area contributed by atoms with Gasteiger partial charge in [0.2, 0.25) is 11.8 Å². The van der Waals surface area contributed by atoms with Crippen LogP contribution in [0.5, 0.6) is 0 Å². The summed E-state index contributed by atoms with van der Waals surface area (Å²) < 4.78 is 1.01. The molecular weight excluding hydrogens is 328 g/mol. The van der Waals surface area contributed by atoms with Gasteiger partial charge in [-0.05, 0) is 34.8 Å². The Morgan fingerprint density at radius 1 is 1.42 bits per heavy atom. The molecule has 0 radical (unpaired) electrons. The number of piperazine rings is 1. The Bertz CT molecular complexity index is 497. The first-order chi connectivity index (χ1) is 9.03. The van der Waals surface area contributed by atoms with Crippen molar-refractivity contribution in [3.63, 3.8) is 0 Å². The van der Waals surface area contributed by atoms with Gasteiger partial charge in [-0.25, -0.2) is 0 Å². The predicted molar refractivity (Wildman–Crippen MR) is 78.9 cm³/mol. The van der Waals surface area contributed by atoms with Gasteiger partial charge in [-0.2, -0.15) is 0 Å². The summed E-state index contributed by atoms with van der Waals surface area (Å²) in [5.41, 5.74) is -0.703. The number of rotatable bonds is 4. The molecule has 19 heavy (non-hydrogen) atoms. The number of hydrogen-bond donors (Lipinski definition) is 1. The van der Waals surface area contributed by atoms with E-state index in [1.807, 2.05) is 25.3 Å². The summed E-state index contributed by atoms with van der Waals surface area (Å²) in [4.78, 5) is 27.2. The Morgan fingerprint density at radius 3 is 2.63 bits per heavy atom. The molecule has 1 fully saturated rings. The summed E-state index contributed by atoms with van der Waals surface area (Å²) in [5.74, 6) is -0.0412. The van der Waals surface area contributed by atoms with Crippen molar-refractivity contribution < 1.29 is 9.59 Å². The van der Waals surface area contributed by atoms with Gasteiger partial charge in [0.05, 0.1) is 13.1 Å². The number of carbonyl (C=O) groups is 2. The third kappa shape index (κ3) is 2.56. The van der Waals surface area contributed by atoms with E-state index in [-0.39, 0.29) is 18.4 Å². The molecule has 0 saturated carbocycles. The van der Waals surface area contributed by atoms with Crippen LogP contribution in [0.25, 0.3) is 0 Å². The van der Waals surface area contributed by atoms with Gasteiger partial charge in [-0.1, -0.05) is 13.8 Å². The number of nitrogens with one attached hydrogen (secondary N) is 1. The van der Waals surface area contributed by atoms with Gasteiger partial charge < -0.3 is 10.2 Å². The van der Waals surface area contributed by atoms with Crippen LogP contribution in [0.4, 0.5) is 0 Å². The normalized spacial score (nSPS) is 18.6. The van der Waals surface area contributed by atoms with Crippen LogP contribution in [0.3, 0.4) is 0 Å². The first-order valence-corrected chi connectivity index (χ1v) is 8.02. The van der Waals surface area contributed by atoms with E-state index in [1.165, 1.54) is 0 Å². The van der Waals surface area contributed by atoms with E-state index in [9.17, 15) is 9.59 Å². The fourth-order valence-electron chi connectivity index (χ4n) is 2.56. The molecule has 1 saturated heterocycles. The third-order valence-corrected chi connectivity index (χ3v) is 5.43. The van der Waals surface area contributed by atoms with Gasteiger partial charge in [-0.3, -0.25) is 9.59 Å². The van der Waals surface area contributed by atoms with E-state index < -0.39 is 5.54 Å². The molecule has 1 aliphatic rings. The lowest BCUT2D eigenvalue weighted by Gasteiger charge is -2.44. The van der Waals surface area contributed by atoms with Crippen molar-refractivity contribution >= 4 is 39.1 Å². The van der Waals surface area contributed by atoms with Crippen molar-refractivity contribution in [3.05, 3.63) is 20.8 Å². The standard InChI is InChI=1S/C13H17BrN2O2S/c1-3-13(4-2)12(18)15-6-11(17)16(13)7-10-5-9(14)8-19-10/h5,8H,3-4,6-7H2,1-2H3,(H,15,18). The van der Waals surface area contributed by atoms with Crippen LogP contribution in [0.1, 0.15) is 31.6 Å². The smallest absolute Gasteiger partial charge is 0.246 e. The van der Waals surface area contributed by atoms with E-state index >= 15 is 0 Å². The molecule has 0 atom stereocenters. The Labute approximate surface area is 125 Å². The van der Waals surface area contributed by atoms with Gasteiger partial charge in [-0.15, -0.1) is 11.3 Å². The molecule has 0 aromatic carbocycles. The molecular formula is C13H17BrN2O2S. The average molecular weight is 345 g/mol. The monoisotopic (exact) mass is 344 g/mol. The summed E-state index contributed by atoms with van der Waals surface area (Å²) in [6, 6.07) is 2.00. The highest BCUT2D eigenvalue weighted by molar-refractivity contribution is 9.10. The molecule has 0 spiro atoms. The molecule has 2 amide bonds. The molecule has 1 aromatic heterocycles. The molecule has 2 heterocycles. The van der Waals surface area contributed by atoms with Crippen molar-refractivity contribution in [3.8, 4) is 0 Å². The van der Waals surface area contributed by atoms with E-state index in [4.69, 9.17) is 0 Å². The number of amides is 2. The molecule has 1 aromatic rings. The molecule has 0 bridgehead atoms. The lowest BCUT2D eigenvalue weighted by atomic mass is 9.87. The summed E-state index contributed by atoms with van der Waals surface area (Å²) in [6.07, 6.45) is 1.27. The number of nitrogens with zero attached hydrogens (tertiary/aromatic N) is 1. The van der Waals surface area contributed by atoms with Crippen LogP contribution < -0.4 is 5.32 Å². The minimum atomic E-state index is -0.703.